The lowest BCUT2D eigenvalue weighted by Crippen LogP contribution is -2.51. The molecule has 7 heteroatoms. The van der Waals surface area contributed by atoms with Crippen molar-refractivity contribution < 1.29 is 14.3 Å². The van der Waals surface area contributed by atoms with E-state index in [1.807, 2.05) is 42.2 Å². The van der Waals surface area contributed by atoms with Gasteiger partial charge in [-0.25, -0.2) is 0 Å². The molecule has 0 radical (unpaired) electrons. The summed E-state index contributed by atoms with van der Waals surface area (Å²) in [6.07, 6.45) is -0.293. The quantitative estimate of drug-likeness (QED) is 0.895. The van der Waals surface area contributed by atoms with Crippen LogP contribution in [0.4, 0.5) is 5.82 Å². The zero-order valence-corrected chi connectivity index (χ0v) is 14.2. The number of benzene rings is 1. The molecule has 1 aromatic heterocycles. The van der Waals surface area contributed by atoms with Crippen LogP contribution < -0.4 is 14.8 Å². The molecule has 7 nitrogen and oxygen atoms in total. The predicted octanol–water partition coefficient (Wildman–Crippen LogP) is 1.63. The lowest BCUT2D eigenvalue weighted by molar-refractivity contribution is -0.145. The third-order valence-corrected chi connectivity index (χ3v) is 4.59. The molecule has 3 heterocycles. The third kappa shape index (κ3) is 2.86. The maximum Gasteiger partial charge on any atom is 0.267 e. The molecule has 25 heavy (non-hydrogen) atoms. The molecule has 2 atom stereocenters. The van der Waals surface area contributed by atoms with E-state index in [1.54, 1.807) is 7.05 Å². The van der Waals surface area contributed by atoms with Crippen molar-refractivity contribution in [3.63, 3.8) is 0 Å². The number of aromatic nitrogens is 2. The molecule has 2 aromatic rings. The molecule has 0 unspecified atom stereocenters. The number of para-hydroxylation sites is 2. The van der Waals surface area contributed by atoms with Gasteiger partial charge in [-0.2, -0.15) is 5.10 Å². The number of amides is 1. The van der Waals surface area contributed by atoms with Crippen LogP contribution in [-0.2, 0) is 17.8 Å². The van der Waals surface area contributed by atoms with Gasteiger partial charge in [0.15, 0.2) is 11.5 Å². The minimum absolute atomic E-state index is 0.0597. The Hall–Kier alpha value is -2.83. The molecule has 0 saturated carbocycles. The highest BCUT2D eigenvalue weighted by molar-refractivity contribution is 5.82. The van der Waals surface area contributed by atoms with Crippen LogP contribution in [-0.4, -0.2) is 46.8 Å². The van der Waals surface area contributed by atoms with Crippen LogP contribution in [0.15, 0.2) is 30.3 Å². The second kappa shape index (κ2) is 6.23. The maximum absolute atomic E-state index is 13.0. The van der Waals surface area contributed by atoms with Gasteiger partial charge in [0.2, 0.25) is 6.10 Å². The highest BCUT2D eigenvalue weighted by Crippen LogP contribution is 2.34. The van der Waals surface area contributed by atoms with E-state index < -0.39 is 6.10 Å². The van der Waals surface area contributed by atoms with E-state index in [0.29, 0.717) is 36.8 Å². The van der Waals surface area contributed by atoms with Gasteiger partial charge in [0, 0.05) is 26.6 Å². The number of fused-ring (bicyclic) bond motifs is 2. The Kier molecular flexibility index (Phi) is 3.91. The Labute approximate surface area is 146 Å². The van der Waals surface area contributed by atoms with Gasteiger partial charge in [-0.3, -0.25) is 4.79 Å². The summed E-state index contributed by atoms with van der Waals surface area (Å²) in [5, 5.41) is 11.3. The predicted molar refractivity (Wildman–Crippen MR) is 91.6 cm³/mol. The van der Waals surface area contributed by atoms with Gasteiger partial charge in [-0.15, -0.1) is 5.10 Å². The molecule has 4 rings (SSSR count). The topological polar surface area (TPSA) is 76.6 Å². The number of hydrogen-bond acceptors (Lipinski definition) is 6. The summed E-state index contributed by atoms with van der Waals surface area (Å²) in [6.45, 7) is 2.97. The second-order valence-electron chi connectivity index (χ2n) is 6.27. The van der Waals surface area contributed by atoms with Crippen LogP contribution in [0.1, 0.15) is 18.2 Å². The smallest absolute Gasteiger partial charge is 0.267 e. The SMILES string of the molecule is CNc1cc2c(nn1)CCN(C(=O)[C@H]1Oc3ccccc3O[C@H]1C)C2. The average Bonchev–Trinajstić information content (AvgIpc) is 2.66. The third-order valence-electron chi connectivity index (χ3n) is 4.59. The molecule has 1 aromatic carbocycles. The van der Waals surface area contributed by atoms with Gasteiger partial charge in [0.05, 0.1) is 5.69 Å². The van der Waals surface area contributed by atoms with Crippen molar-refractivity contribution in [1.29, 1.82) is 0 Å². The number of hydrogen-bond donors (Lipinski definition) is 1. The summed E-state index contributed by atoms with van der Waals surface area (Å²) in [5.41, 5.74) is 1.96. The largest absolute Gasteiger partial charge is 0.482 e. The van der Waals surface area contributed by atoms with Crippen molar-refractivity contribution in [3.8, 4) is 11.5 Å². The van der Waals surface area contributed by atoms with E-state index in [0.717, 1.165) is 11.3 Å². The van der Waals surface area contributed by atoms with Crippen LogP contribution in [0, 0.1) is 0 Å². The van der Waals surface area contributed by atoms with Crippen molar-refractivity contribution in [2.45, 2.75) is 32.1 Å². The number of carbonyl (C=O) groups is 1. The molecule has 1 N–H and O–H groups in total. The van der Waals surface area contributed by atoms with E-state index in [1.165, 1.54) is 0 Å². The van der Waals surface area contributed by atoms with Gasteiger partial charge in [0.25, 0.3) is 5.91 Å². The number of ether oxygens (including phenoxy) is 2. The summed E-state index contributed by atoms with van der Waals surface area (Å²) < 4.78 is 11.8. The summed E-state index contributed by atoms with van der Waals surface area (Å²) in [5.74, 6) is 1.93. The number of nitrogens with zero attached hydrogens (tertiary/aromatic N) is 3. The first-order valence-electron chi connectivity index (χ1n) is 8.40. The zero-order valence-electron chi connectivity index (χ0n) is 14.2. The van der Waals surface area contributed by atoms with Crippen molar-refractivity contribution >= 4 is 11.7 Å². The second-order valence-corrected chi connectivity index (χ2v) is 6.27. The number of rotatable bonds is 2. The van der Waals surface area contributed by atoms with Gasteiger partial charge in [-0.05, 0) is 30.7 Å². The summed E-state index contributed by atoms with van der Waals surface area (Å²) in [7, 11) is 1.80. The minimum Gasteiger partial charge on any atom is -0.482 e. The van der Waals surface area contributed by atoms with Crippen LogP contribution >= 0.6 is 0 Å². The standard InChI is InChI=1S/C18H20N4O3/c1-11-17(25-15-6-4-3-5-14(15)24-11)18(23)22-8-7-13-12(10-22)9-16(19-2)21-20-13/h3-6,9,11,17H,7-8,10H2,1-2H3,(H,19,21)/t11-,17-/m0/s1. The fourth-order valence-electron chi connectivity index (χ4n) is 3.21. The Morgan fingerprint density at radius 1 is 1.24 bits per heavy atom. The summed E-state index contributed by atoms with van der Waals surface area (Å²) >= 11 is 0. The first kappa shape index (κ1) is 15.7. The minimum atomic E-state index is -0.644. The van der Waals surface area contributed by atoms with E-state index in [2.05, 4.69) is 15.5 Å². The molecule has 130 valence electrons. The molecule has 0 fully saturated rings. The lowest BCUT2D eigenvalue weighted by Gasteiger charge is -2.36. The molecule has 0 aliphatic carbocycles. The van der Waals surface area contributed by atoms with Crippen LogP contribution in [0.5, 0.6) is 11.5 Å². The molecule has 0 saturated heterocycles. The van der Waals surface area contributed by atoms with Gasteiger partial charge in [0.1, 0.15) is 11.9 Å². The van der Waals surface area contributed by atoms with Crippen LogP contribution in [0.25, 0.3) is 0 Å². The number of anilines is 1. The van der Waals surface area contributed by atoms with Crippen LogP contribution in [0.2, 0.25) is 0 Å². The zero-order chi connectivity index (χ0) is 17.4. The Balaban J connectivity index is 1.53. The number of carbonyl (C=O) groups excluding carboxylic acids is 1. The highest BCUT2D eigenvalue weighted by Gasteiger charge is 2.37. The molecule has 2 aliphatic heterocycles. The summed E-state index contributed by atoms with van der Waals surface area (Å²) in [6, 6.07) is 9.37. The molecule has 1 amide bonds. The van der Waals surface area contributed by atoms with E-state index in [4.69, 9.17) is 9.47 Å². The van der Waals surface area contributed by atoms with Crippen molar-refractivity contribution in [3.05, 3.63) is 41.6 Å². The monoisotopic (exact) mass is 340 g/mol. The molecular weight excluding hydrogens is 320 g/mol. The highest BCUT2D eigenvalue weighted by atomic mass is 16.6. The molecule has 2 aliphatic rings. The maximum atomic E-state index is 13.0. The fourth-order valence-corrected chi connectivity index (χ4v) is 3.21. The average molecular weight is 340 g/mol. The van der Waals surface area contributed by atoms with E-state index >= 15 is 0 Å². The molecule has 0 bridgehead atoms. The normalized spacial score (nSPS) is 21.4. The first-order chi connectivity index (χ1) is 12.2. The van der Waals surface area contributed by atoms with E-state index in [9.17, 15) is 4.79 Å². The Morgan fingerprint density at radius 3 is 2.76 bits per heavy atom. The first-order valence-corrected chi connectivity index (χ1v) is 8.40. The Bertz CT molecular complexity index is 811. The lowest BCUT2D eigenvalue weighted by atomic mass is 10.0. The molecular formula is C18H20N4O3. The molecule has 0 spiro atoms. The van der Waals surface area contributed by atoms with Crippen molar-refractivity contribution in [1.82, 2.24) is 15.1 Å². The fraction of sp³-hybridized carbons (Fsp3) is 0.389. The van der Waals surface area contributed by atoms with E-state index in [-0.39, 0.29) is 12.0 Å². The summed E-state index contributed by atoms with van der Waals surface area (Å²) in [4.78, 5) is 14.8. The van der Waals surface area contributed by atoms with Crippen LogP contribution in [0.3, 0.4) is 0 Å². The van der Waals surface area contributed by atoms with Gasteiger partial charge in [-0.1, -0.05) is 12.1 Å². The van der Waals surface area contributed by atoms with Crippen molar-refractivity contribution in [2.75, 3.05) is 18.9 Å². The Morgan fingerprint density at radius 2 is 2.00 bits per heavy atom. The number of nitrogens with one attached hydrogen (secondary N) is 1. The van der Waals surface area contributed by atoms with Crippen molar-refractivity contribution in [2.24, 2.45) is 0 Å². The van der Waals surface area contributed by atoms with Gasteiger partial charge < -0.3 is 19.7 Å². The van der Waals surface area contributed by atoms with Gasteiger partial charge >= 0.3 is 0 Å².